The summed E-state index contributed by atoms with van der Waals surface area (Å²) in [6, 6.07) is 7.97. The second-order valence-corrected chi connectivity index (χ2v) is 13.4. The molecule has 0 spiro atoms. The van der Waals surface area contributed by atoms with Crippen LogP contribution in [0.4, 0.5) is 0 Å². The predicted molar refractivity (Wildman–Crippen MR) is 102 cm³/mol. The summed E-state index contributed by atoms with van der Waals surface area (Å²) in [7, 11) is -1.03. The van der Waals surface area contributed by atoms with Gasteiger partial charge in [0.2, 0.25) is 0 Å². The Morgan fingerprint density at radius 1 is 1.17 bits per heavy atom. The molecule has 1 aromatic heterocycles. The minimum atomic E-state index is -1.03. The average Bonchev–Trinajstić information content (AvgIpc) is 2.79. The Balaban J connectivity index is 2.05. The standard InChI is InChI=1S/C19H32N2OSi/c1-6-7-8-9-17-10-11-18-16(2)20-21(19(18)14-17)15-22-12-13-23(3,4)5/h10-11,14H,6-9,12-13,15H2,1-5H3. The van der Waals surface area contributed by atoms with Gasteiger partial charge in [0.05, 0.1) is 11.2 Å². The van der Waals surface area contributed by atoms with Gasteiger partial charge in [0.25, 0.3) is 0 Å². The third-order valence-electron chi connectivity index (χ3n) is 4.28. The van der Waals surface area contributed by atoms with Gasteiger partial charge in [-0.2, -0.15) is 5.10 Å². The van der Waals surface area contributed by atoms with E-state index in [0.717, 1.165) is 18.7 Å². The van der Waals surface area contributed by atoms with Crippen LogP contribution in [0, 0.1) is 6.92 Å². The molecular weight excluding hydrogens is 300 g/mol. The van der Waals surface area contributed by atoms with E-state index in [1.807, 2.05) is 4.68 Å². The number of benzene rings is 1. The number of unbranched alkanes of at least 4 members (excludes halogenated alkanes) is 2. The molecule has 3 nitrogen and oxygen atoms in total. The molecule has 0 aliphatic carbocycles. The summed E-state index contributed by atoms with van der Waals surface area (Å²) in [5.41, 5.74) is 3.72. The molecule has 1 aromatic carbocycles. The molecule has 0 saturated heterocycles. The highest BCUT2D eigenvalue weighted by molar-refractivity contribution is 6.76. The van der Waals surface area contributed by atoms with E-state index in [1.54, 1.807) is 0 Å². The van der Waals surface area contributed by atoms with Gasteiger partial charge in [-0.1, -0.05) is 51.5 Å². The highest BCUT2D eigenvalue weighted by atomic mass is 28.3. The van der Waals surface area contributed by atoms with Gasteiger partial charge in [-0.05, 0) is 37.4 Å². The zero-order valence-corrected chi connectivity index (χ0v) is 16.5. The van der Waals surface area contributed by atoms with Crippen LogP contribution in [0.2, 0.25) is 25.7 Å². The Morgan fingerprint density at radius 2 is 1.96 bits per heavy atom. The van der Waals surface area contributed by atoms with Crippen LogP contribution in [0.3, 0.4) is 0 Å². The van der Waals surface area contributed by atoms with E-state index in [-0.39, 0.29) is 0 Å². The van der Waals surface area contributed by atoms with Crippen LogP contribution in [0.25, 0.3) is 10.9 Å². The van der Waals surface area contributed by atoms with Crippen LogP contribution in [0.1, 0.15) is 37.4 Å². The topological polar surface area (TPSA) is 27.1 Å². The number of aromatic nitrogens is 2. The van der Waals surface area contributed by atoms with Crippen molar-refractivity contribution in [2.45, 2.75) is 71.9 Å². The van der Waals surface area contributed by atoms with Crippen molar-refractivity contribution >= 4 is 19.0 Å². The Bertz CT molecular complexity index is 628. The number of fused-ring (bicyclic) bond motifs is 1. The van der Waals surface area contributed by atoms with Gasteiger partial charge in [-0.25, -0.2) is 4.68 Å². The summed E-state index contributed by atoms with van der Waals surface area (Å²) < 4.78 is 7.92. The zero-order chi connectivity index (χ0) is 16.9. The summed E-state index contributed by atoms with van der Waals surface area (Å²) in [6.07, 6.45) is 4.99. The van der Waals surface area contributed by atoms with Gasteiger partial charge >= 0.3 is 0 Å². The molecule has 0 unspecified atom stereocenters. The highest BCUT2D eigenvalue weighted by Gasteiger charge is 2.13. The van der Waals surface area contributed by atoms with Crippen LogP contribution in [0.5, 0.6) is 0 Å². The van der Waals surface area contributed by atoms with E-state index in [2.05, 4.69) is 56.8 Å². The van der Waals surface area contributed by atoms with Gasteiger partial charge in [0, 0.05) is 20.1 Å². The van der Waals surface area contributed by atoms with Crippen LogP contribution < -0.4 is 0 Å². The summed E-state index contributed by atoms with van der Waals surface area (Å²) in [5, 5.41) is 5.91. The molecule has 23 heavy (non-hydrogen) atoms. The molecule has 2 rings (SSSR count). The quantitative estimate of drug-likeness (QED) is 0.455. The normalized spacial score (nSPS) is 12.2. The molecule has 0 atom stereocenters. The third kappa shape index (κ3) is 5.46. The maximum absolute atomic E-state index is 5.89. The predicted octanol–water partition coefficient (Wildman–Crippen LogP) is 5.39. The van der Waals surface area contributed by atoms with E-state index < -0.39 is 8.07 Å². The molecule has 0 N–H and O–H groups in total. The van der Waals surface area contributed by atoms with Crippen molar-refractivity contribution in [2.24, 2.45) is 0 Å². The Kier molecular flexibility index (Phi) is 6.42. The molecule has 0 aliphatic heterocycles. The first-order valence-electron chi connectivity index (χ1n) is 8.94. The Labute approximate surface area is 142 Å². The lowest BCUT2D eigenvalue weighted by molar-refractivity contribution is 0.0815. The minimum Gasteiger partial charge on any atom is -0.360 e. The van der Waals surface area contributed by atoms with E-state index in [4.69, 9.17) is 4.74 Å². The van der Waals surface area contributed by atoms with Crippen LogP contribution in [-0.2, 0) is 17.9 Å². The van der Waals surface area contributed by atoms with Gasteiger partial charge < -0.3 is 4.74 Å². The first-order valence-corrected chi connectivity index (χ1v) is 12.7. The fraction of sp³-hybridized carbons (Fsp3) is 0.632. The lowest BCUT2D eigenvalue weighted by atomic mass is 10.1. The fourth-order valence-electron chi connectivity index (χ4n) is 2.75. The minimum absolute atomic E-state index is 0.563. The van der Waals surface area contributed by atoms with E-state index in [9.17, 15) is 0 Å². The monoisotopic (exact) mass is 332 g/mol. The summed E-state index contributed by atoms with van der Waals surface area (Å²) in [5.74, 6) is 0. The Hall–Kier alpha value is -1.13. The summed E-state index contributed by atoms with van der Waals surface area (Å²) in [4.78, 5) is 0. The van der Waals surface area contributed by atoms with Crippen molar-refractivity contribution < 1.29 is 4.74 Å². The second-order valence-electron chi connectivity index (χ2n) is 7.74. The maximum Gasteiger partial charge on any atom is 0.140 e. The molecule has 0 aliphatic rings. The first-order chi connectivity index (χ1) is 10.9. The largest absolute Gasteiger partial charge is 0.360 e. The lowest BCUT2D eigenvalue weighted by Crippen LogP contribution is -2.22. The molecule has 0 radical (unpaired) electrons. The fourth-order valence-corrected chi connectivity index (χ4v) is 3.50. The first kappa shape index (κ1) is 18.2. The smallest absolute Gasteiger partial charge is 0.140 e. The number of nitrogens with zero attached hydrogens (tertiary/aromatic N) is 2. The summed E-state index contributed by atoms with van der Waals surface area (Å²) in [6.45, 7) is 12.9. The number of rotatable bonds is 9. The van der Waals surface area contributed by atoms with Crippen molar-refractivity contribution in [3.8, 4) is 0 Å². The second kappa shape index (κ2) is 8.11. The third-order valence-corrected chi connectivity index (χ3v) is 5.98. The highest BCUT2D eigenvalue weighted by Crippen LogP contribution is 2.21. The van der Waals surface area contributed by atoms with Crippen molar-refractivity contribution in [1.29, 1.82) is 0 Å². The molecule has 4 heteroatoms. The van der Waals surface area contributed by atoms with Crippen molar-refractivity contribution in [3.05, 3.63) is 29.5 Å². The Morgan fingerprint density at radius 3 is 2.65 bits per heavy atom. The maximum atomic E-state index is 5.89. The zero-order valence-electron chi connectivity index (χ0n) is 15.5. The lowest BCUT2D eigenvalue weighted by Gasteiger charge is -2.15. The molecule has 0 saturated carbocycles. The van der Waals surface area contributed by atoms with Gasteiger partial charge in [-0.15, -0.1) is 0 Å². The SMILES string of the molecule is CCCCCc1ccc2c(C)nn(COCC[Si](C)(C)C)c2c1. The van der Waals surface area contributed by atoms with Crippen molar-refractivity contribution in [2.75, 3.05) is 6.61 Å². The van der Waals surface area contributed by atoms with Crippen LogP contribution in [-0.4, -0.2) is 24.5 Å². The number of ether oxygens (including phenoxy) is 1. The number of hydrogen-bond acceptors (Lipinski definition) is 2. The van der Waals surface area contributed by atoms with Gasteiger partial charge in [-0.3, -0.25) is 0 Å². The van der Waals surface area contributed by atoms with Gasteiger partial charge in [0.15, 0.2) is 0 Å². The van der Waals surface area contributed by atoms with Crippen molar-refractivity contribution in [1.82, 2.24) is 9.78 Å². The van der Waals surface area contributed by atoms with Crippen LogP contribution in [0.15, 0.2) is 18.2 Å². The van der Waals surface area contributed by atoms with E-state index in [0.29, 0.717) is 6.73 Å². The molecule has 0 amide bonds. The average molecular weight is 333 g/mol. The number of aryl methyl sites for hydroxylation is 2. The molecular formula is C19H32N2OSi. The summed E-state index contributed by atoms with van der Waals surface area (Å²) >= 11 is 0. The van der Waals surface area contributed by atoms with E-state index in [1.165, 1.54) is 41.8 Å². The molecule has 0 fully saturated rings. The van der Waals surface area contributed by atoms with Gasteiger partial charge in [0.1, 0.15) is 6.73 Å². The molecule has 1 heterocycles. The van der Waals surface area contributed by atoms with E-state index >= 15 is 0 Å². The molecule has 2 aromatic rings. The molecule has 128 valence electrons. The van der Waals surface area contributed by atoms with Crippen molar-refractivity contribution in [3.63, 3.8) is 0 Å². The molecule has 0 bridgehead atoms. The van der Waals surface area contributed by atoms with Crippen LogP contribution >= 0.6 is 0 Å². The number of hydrogen-bond donors (Lipinski definition) is 0.